The molecule has 2 rings (SSSR count). The normalized spacial score (nSPS) is 12.3. The van der Waals surface area contributed by atoms with Crippen molar-refractivity contribution < 1.29 is 14.1 Å². The minimum Gasteiger partial charge on any atom is -0.476 e. The molecule has 1 unspecified atom stereocenters. The van der Waals surface area contributed by atoms with Crippen LogP contribution in [0.2, 0.25) is 0 Å². The van der Waals surface area contributed by atoms with Gasteiger partial charge in [-0.1, -0.05) is 11.3 Å². The molecule has 2 aromatic rings. The van der Waals surface area contributed by atoms with Crippen molar-refractivity contribution in [1.82, 2.24) is 15.0 Å². The Kier molecular flexibility index (Phi) is 4.29. The number of aromatic nitrogens is 3. The summed E-state index contributed by atoms with van der Waals surface area (Å²) in [6, 6.07) is 5.71. The molecule has 0 radical (unpaired) electrons. The second-order valence-corrected chi connectivity index (χ2v) is 6.04. The predicted molar refractivity (Wildman–Crippen MR) is 74.2 cm³/mol. The number of carbonyl (C=O) groups is 1. The van der Waals surface area contributed by atoms with Gasteiger partial charge in [0.2, 0.25) is 0 Å². The van der Waals surface area contributed by atoms with Crippen LogP contribution in [0.3, 0.4) is 0 Å². The highest BCUT2D eigenvalue weighted by atomic mass is 32.2. The Bertz CT molecular complexity index is 667. The largest absolute Gasteiger partial charge is 0.476 e. The van der Waals surface area contributed by atoms with Gasteiger partial charge in [0.1, 0.15) is 0 Å². The molecule has 1 atom stereocenters. The fourth-order valence-electron chi connectivity index (χ4n) is 1.66. The monoisotopic (exact) mass is 293 g/mol. The summed E-state index contributed by atoms with van der Waals surface area (Å²) in [5, 5.41) is 15.9. The Morgan fingerprint density at radius 2 is 2.10 bits per heavy atom. The second-order valence-electron chi connectivity index (χ2n) is 4.47. The molecule has 0 saturated heterocycles. The van der Waals surface area contributed by atoms with E-state index < -0.39 is 16.8 Å². The first-order valence-electron chi connectivity index (χ1n) is 6.06. The van der Waals surface area contributed by atoms with Crippen LogP contribution < -0.4 is 0 Å². The second kappa shape index (κ2) is 5.96. The highest BCUT2D eigenvalue weighted by Crippen LogP contribution is 2.13. The van der Waals surface area contributed by atoms with Crippen molar-refractivity contribution in [2.75, 3.05) is 5.75 Å². The molecule has 0 saturated carbocycles. The molecule has 0 bridgehead atoms. The van der Waals surface area contributed by atoms with Crippen molar-refractivity contribution in [2.45, 2.75) is 25.3 Å². The number of rotatable bonds is 5. The highest BCUT2D eigenvalue weighted by Gasteiger charge is 2.10. The average molecular weight is 293 g/mol. The van der Waals surface area contributed by atoms with E-state index in [1.165, 1.54) is 10.9 Å². The van der Waals surface area contributed by atoms with Gasteiger partial charge in [0.25, 0.3) is 0 Å². The Labute approximate surface area is 118 Å². The lowest BCUT2D eigenvalue weighted by molar-refractivity contribution is 0.0690. The number of carboxylic acids is 1. The standard InChI is InChI=1S/C13H15N3O3S/c1-9-3-4-11(7-10(9)2)20(19)6-5-16-8-12(13(17)18)14-15-16/h3-4,7-8H,5-6H2,1-2H3,(H,17,18). The molecule has 0 amide bonds. The lowest BCUT2D eigenvalue weighted by atomic mass is 10.1. The maximum absolute atomic E-state index is 12.2. The summed E-state index contributed by atoms with van der Waals surface area (Å²) in [5.74, 6) is -0.753. The third-order valence-corrected chi connectivity index (χ3v) is 4.34. The van der Waals surface area contributed by atoms with Crippen LogP contribution in [0.15, 0.2) is 29.3 Å². The van der Waals surface area contributed by atoms with Gasteiger partial charge in [0, 0.05) is 10.6 Å². The molecular weight excluding hydrogens is 278 g/mol. The predicted octanol–water partition coefficient (Wildman–Crippen LogP) is 1.40. The third kappa shape index (κ3) is 3.30. The lowest BCUT2D eigenvalue weighted by Gasteiger charge is -2.05. The zero-order valence-electron chi connectivity index (χ0n) is 11.2. The van der Waals surface area contributed by atoms with Crippen molar-refractivity contribution in [2.24, 2.45) is 0 Å². The van der Waals surface area contributed by atoms with Crippen molar-refractivity contribution in [3.8, 4) is 0 Å². The first-order valence-corrected chi connectivity index (χ1v) is 7.38. The maximum Gasteiger partial charge on any atom is 0.358 e. The van der Waals surface area contributed by atoms with Gasteiger partial charge in [-0.25, -0.2) is 4.79 Å². The zero-order valence-corrected chi connectivity index (χ0v) is 12.1. The fraction of sp³-hybridized carbons (Fsp3) is 0.308. The number of carboxylic acid groups (broad SMARTS) is 1. The van der Waals surface area contributed by atoms with E-state index in [1.54, 1.807) is 0 Å². The lowest BCUT2D eigenvalue weighted by Crippen LogP contribution is -2.08. The van der Waals surface area contributed by atoms with Gasteiger partial charge in [-0.15, -0.1) is 5.10 Å². The molecule has 0 spiro atoms. The van der Waals surface area contributed by atoms with Gasteiger partial charge < -0.3 is 5.11 Å². The molecule has 0 fully saturated rings. The Balaban J connectivity index is 2.00. The number of benzene rings is 1. The molecule has 1 aromatic carbocycles. The van der Waals surface area contributed by atoms with Gasteiger partial charge in [-0.05, 0) is 37.1 Å². The minimum absolute atomic E-state index is 0.109. The number of hydrogen-bond donors (Lipinski definition) is 1. The topological polar surface area (TPSA) is 85.1 Å². The molecular formula is C13H15N3O3S. The molecule has 0 aliphatic rings. The number of aryl methyl sites for hydroxylation is 3. The third-order valence-electron chi connectivity index (χ3n) is 3.00. The summed E-state index contributed by atoms with van der Waals surface area (Å²) in [7, 11) is -1.14. The summed E-state index contributed by atoms with van der Waals surface area (Å²) in [6.45, 7) is 4.34. The van der Waals surface area contributed by atoms with Crippen molar-refractivity contribution in [3.63, 3.8) is 0 Å². The van der Waals surface area contributed by atoms with E-state index >= 15 is 0 Å². The van der Waals surface area contributed by atoms with Gasteiger partial charge in [0.15, 0.2) is 5.69 Å². The van der Waals surface area contributed by atoms with Crippen molar-refractivity contribution >= 4 is 16.8 Å². The molecule has 1 aromatic heterocycles. The smallest absolute Gasteiger partial charge is 0.358 e. The SMILES string of the molecule is Cc1ccc(S(=O)CCn2cc(C(=O)O)nn2)cc1C. The van der Waals surface area contributed by atoms with Crippen LogP contribution in [-0.4, -0.2) is 36.0 Å². The maximum atomic E-state index is 12.2. The molecule has 1 heterocycles. The van der Waals surface area contributed by atoms with Gasteiger partial charge in [-0.2, -0.15) is 0 Å². The molecule has 6 nitrogen and oxygen atoms in total. The molecule has 7 heteroatoms. The minimum atomic E-state index is -1.14. The van der Waals surface area contributed by atoms with E-state index in [4.69, 9.17) is 5.11 Å². The van der Waals surface area contributed by atoms with Crippen molar-refractivity contribution in [3.05, 3.63) is 41.2 Å². The van der Waals surface area contributed by atoms with Crippen LogP contribution in [0.5, 0.6) is 0 Å². The summed E-state index contributed by atoms with van der Waals surface area (Å²) in [6.07, 6.45) is 1.33. The average Bonchev–Trinajstić information content (AvgIpc) is 2.88. The quantitative estimate of drug-likeness (QED) is 0.900. The molecule has 0 aliphatic carbocycles. The van der Waals surface area contributed by atoms with Crippen LogP contribution in [-0.2, 0) is 17.3 Å². The van der Waals surface area contributed by atoms with E-state index in [2.05, 4.69) is 10.3 Å². The van der Waals surface area contributed by atoms with E-state index in [0.717, 1.165) is 16.0 Å². The van der Waals surface area contributed by atoms with Gasteiger partial charge >= 0.3 is 5.97 Å². The summed E-state index contributed by atoms with van der Waals surface area (Å²) < 4.78 is 13.5. The van der Waals surface area contributed by atoms with Crippen LogP contribution in [0.25, 0.3) is 0 Å². The summed E-state index contributed by atoms with van der Waals surface area (Å²) >= 11 is 0. The van der Waals surface area contributed by atoms with E-state index in [0.29, 0.717) is 12.3 Å². The highest BCUT2D eigenvalue weighted by molar-refractivity contribution is 7.85. The first kappa shape index (κ1) is 14.4. The molecule has 0 aliphatic heterocycles. The fourth-order valence-corrected chi connectivity index (χ4v) is 2.77. The van der Waals surface area contributed by atoms with Crippen LogP contribution in [0.1, 0.15) is 21.6 Å². The molecule has 1 N–H and O–H groups in total. The number of hydrogen-bond acceptors (Lipinski definition) is 4. The Hall–Kier alpha value is -2.02. The summed E-state index contributed by atoms with van der Waals surface area (Å²) in [5.41, 5.74) is 2.15. The van der Waals surface area contributed by atoms with Gasteiger partial charge in [0.05, 0.1) is 23.5 Å². The Morgan fingerprint density at radius 1 is 1.35 bits per heavy atom. The first-order chi connectivity index (χ1) is 9.47. The van der Waals surface area contributed by atoms with Crippen LogP contribution in [0.4, 0.5) is 0 Å². The Morgan fingerprint density at radius 3 is 2.70 bits per heavy atom. The zero-order chi connectivity index (χ0) is 14.7. The molecule has 20 heavy (non-hydrogen) atoms. The number of nitrogens with zero attached hydrogens (tertiary/aromatic N) is 3. The van der Waals surface area contributed by atoms with Crippen LogP contribution in [0, 0.1) is 13.8 Å². The van der Waals surface area contributed by atoms with Crippen molar-refractivity contribution in [1.29, 1.82) is 0 Å². The van der Waals surface area contributed by atoms with E-state index in [1.807, 2.05) is 32.0 Å². The van der Waals surface area contributed by atoms with E-state index in [-0.39, 0.29) is 5.69 Å². The number of aromatic carboxylic acids is 1. The van der Waals surface area contributed by atoms with E-state index in [9.17, 15) is 9.00 Å². The van der Waals surface area contributed by atoms with Crippen LogP contribution >= 0.6 is 0 Å². The summed E-state index contributed by atoms with van der Waals surface area (Å²) in [4.78, 5) is 11.4. The molecule has 106 valence electrons. The van der Waals surface area contributed by atoms with Gasteiger partial charge in [-0.3, -0.25) is 8.89 Å².